The molecule has 2 saturated carbocycles. The highest BCUT2D eigenvalue weighted by Crippen LogP contribution is 2.44. The van der Waals surface area contributed by atoms with Crippen LogP contribution < -0.4 is 4.74 Å². The molecule has 6 nitrogen and oxygen atoms in total. The predicted octanol–water partition coefficient (Wildman–Crippen LogP) is 2.83. The van der Waals surface area contributed by atoms with Crippen molar-refractivity contribution in [2.45, 2.75) is 56.9 Å². The van der Waals surface area contributed by atoms with E-state index in [0.717, 1.165) is 31.2 Å². The first-order valence-electron chi connectivity index (χ1n) is 9.31. The van der Waals surface area contributed by atoms with Crippen LogP contribution in [0.15, 0.2) is 12.1 Å². The highest BCUT2D eigenvalue weighted by atomic mass is 16.5. The molecule has 1 amide bonds. The zero-order valence-electron chi connectivity index (χ0n) is 14.3. The van der Waals surface area contributed by atoms with Crippen LogP contribution in [0.4, 0.5) is 0 Å². The second-order valence-corrected chi connectivity index (χ2v) is 7.47. The van der Waals surface area contributed by atoms with Crippen molar-refractivity contribution in [3.63, 3.8) is 0 Å². The van der Waals surface area contributed by atoms with E-state index in [-0.39, 0.29) is 5.91 Å². The van der Waals surface area contributed by atoms with Crippen LogP contribution in [0.3, 0.4) is 0 Å². The average Bonchev–Trinajstić information content (AvgIpc) is 3.53. The first-order valence-corrected chi connectivity index (χ1v) is 9.31. The van der Waals surface area contributed by atoms with Gasteiger partial charge in [-0.25, -0.2) is 9.78 Å². The second kappa shape index (κ2) is 6.65. The number of carboxylic acids is 1. The van der Waals surface area contributed by atoms with Gasteiger partial charge in [0, 0.05) is 12.1 Å². The quantitative estimate of drug-likeness (QED) is 0.858. The lowest BCUT2D eigenvalue weighted by molar-refractivity contribution is -0.143. The fourth-order valence-corrected chi connectivity index (χ4v) is 3.45. The number of hydrogen-bond acceptors (Lipinski definition) is 4. The number of likely N-dealkylation sites (tertiary alicyclic amines) is 1. The monoisotopic (exact) mass is 344 g/mol. The lowest BCUT2D eigenvalue weighted by atomic mass is 10.0. The summed E-state index contributed by atoms with van der Waals surface area (Å²) < 4.78 is 5.92. The van der Waals surface area contributed by atoms with Crippen LogP contribution >= 0.6 is 0 Å². The number of ether oxygens (including phenoxy) is 1. The summed E-state index contributed by atoms with van der Waals surface area (Å²) >= 11 is 0. The van der Waals surface area contributed by atoms with E-state index in [1.54, 1.807) is 6.07 Å². The van der Waals surface area contributed by atoms with Crippen LogP contribution in [-0.2, 0) is 4.79 Å². The van der Waals surface area contributed by atoms with E-state index in [0.29, 0.717) is 43.0 Å². The Morgan fingerprint density at radius 2 is 1.96 bits per heavy atom. The molecule has 1 aromatic rings. The smallest absolute Gasteiger partial charge is 0.326 e. The van der Waals surface area contributed by atoms with E-state index in [1.807, 2.05) is 6.07 Å². The summed E-state index contributed by atoms with van der Waals surface area (Å²) in [5.74, 6) is 0.446. The van der Waals surface area contributed by atoms with Crippen molar-refractivity contribution in [2.24, 2.45) is 5.92 Å². The minimum atomic E-state index is -0.937. The third-order valence-corrected chi connectivity index (χ3v) is 5.33. The van der Waals surface area contributed by atoms with Crippen LogP contribution in [0.5, 0.6) is 5.88 Å². The maximum Gasteiger partial charge on any atom is 0.326 e. The molecule has 0 radical (unpaired) electrons. The van der Waals surface area contributed by atoms with Gasteiger partial charge in [-0.1, -0.05) is 6.07 Å². The summed E-state index contributed by atoms with van der Waals surface area (Å²) in [6, 6.07) is 2.93. The predicted molar refractivity (Wildman–Crippen MR) is 90.7 cm³/mol. The van der Waals surface area contributed by atoms with E-state index in [2.05, 4.69) is 4.98 Å². The third kappa shape index (κ3) is 3.62. The maximum atomic E-state index is 12.9. The SMILES string of the molecule is O=C(O)C1CCCCN1C(=O)c1ccc(C2CC2)c(OCC2CC2)n1. The molecule has 1 aliphatic heterocycles. The molecule has 4 rings (SSSR count). The summed E-state index contributed by atoms with van der Waals surface area (Å²) in [5.41, 5.74) is 1.38. The first-order chi connectivity index (χ1) is 12.1. The summed E-state index contributed by atoms with van der Waals surface area (Å²) in [4.78, 5) is 30.3. The van der Waals surface area contributed by atoms with Crippen LogP contribution in [0, 0.1) is 5.92 Å². The van der Waals surface area contributed by atoms with Crippen molar-refractivity contribution in [3.05, 3.63) is 23.4 Å². The number of aromatic nitrogens is 1. The van der Waals surface area contributed by atoms with Gasteiger partial charge in [-0.15, -0.1) is 0 Å². The molecular formula is C19H24N2O4. The van der Waals surface area contributed by atoms with Gasteiger partial charge in [0.05, 0.1) is 6.61 Å². The number of rotatable bonds is 6. The third-order valence-electron chi connectivity index (χ3n) is 5.33. The van der Waals surface area contributed by atoms with E-state index in [1.165, 1.54) is 17.7 Å². The Morgan fingerprint density at radius 1 is 1.16 bits per heavy atom. The van der Waals surface area contributed by atoms with Gasteiger partial charge in [-0.3, -0.25) is 4.79 Å². The molecule has 1 aromatic heterocycles. The fourth-order valence-electron chi connectivity index (χ4n) is 3.45. The number of hydrogen-bond donors (Lipinski definition) is 1. The van der Waals surface area contributed by atoms with Gasteiger partial charge >= 0.3 is 5.97 Å². The largest absolute Gasteiger partial charge is 0.480 e. The number of carboxylic acid groups (broad SMARTS) is 1. The molecule has 3 fully saturated rings. The van der Waals surface area contributed by atoms with Crippen LogP contribution in [-0.4, -0.2) is 46.1 Å². The number of aliphatic carboxylic acids is 1. The molecule has 1 N–H and O–H groups in total. The minimum absolute atomic E-state index is 0.295. The van der Waals surface area contributed by atoms with Gasteiger partial charge in [-0.2, -0.15) is 0 Å². The van der Waals surface area contributed by atoms with Crippen molar-refractivity contribution >= 4 is 11.9 Å². The summed E-state index contributed by atoms with van der Waals surface area (Å²) in [6.45, 7) is 1.13. The Kier molecular flexibility index (Phi) is 4.36. The van der Waals surface area contributed by atoms with Crippen molar-refractivity contribution < 1.29 is 19.4 Å². The number of amides is 1. The Hall–Kier alpha value is -2.11. The van der Waals surface area contributed by atoms with Crippen molar-refractivity contribution in [1.29, 1.82) is 0 Å². The molecule has 134 valence electrons. The normalized spacial score (nSPS) is 23.4. The highest BCUT2D eigenvalue weighted by Gasteiger charge is 2.34. The zero-order valence-corrected chi connectivity index (χ0v) is 14.3. The van der Waals surface area contributed by atoms with E-state index >= 15 is 0 Å². The molecule has 3 aliphatic rings. The Balaban J connectivity index is 1.56. The minimum Gasteiger partial charge on any atom is -0.480 e. The number of nitrogens with zero attached hydrogens (tertiary/aromatic N) is 2. The van der Waals surface area contributed by atoms with Crippen molar-refractivity contribution in [1.82, 2.24) is 9.88 Å². The van der Waals surface area contributed by atoms with Crippen molar-refractivity contribution in [3.8, 4) is 5.88 Å². The van der Waals surface area contributed by atoms with Gasteiger partial charge in [0.1, 0.15) is 11.7 Å². The average molecular weight is 344 g/mol. The molecular weight excluding hydrogens is 320 g/mol. The van der Waals surface area contributed by atoms with Gasteiger partial charge < -0.3 is 14.7 Å². The molecule has 25 heavy (non-hydrogen) atoms. The van der Waals surface area contributed by atoms with Gasteiger partial charge in [-0.05, 0) is 62.8 Å². The van der Waals surface area contributed by atoms with E-state index < -0.39 is 12.0 Å². The molecule has 2 aliphatic carbocycles. The van der Waals surface area contributed by atoms with Crippen molar-refractivity contribution in [2.75, 3.05) is 13.2 Å². The Morgan fingerprint density at radius 3 is 2.64 bits per heavy atom. The summed E-state index contributed by atoms with van der Waals surface area (Å²) in [5, 5.41) is 9.40. The molecule has 1 saturated heterocycles. The van der Waals surface area contributed by atoms with Gasteiger partial charge in [0.2, 0.25) is 5.88 Å². The number of carbonyl (C=O) groups is 2. The summed E-state index contributed by atoms with van der Waals surface area (Å²) in [7, 11) is 0. The van der Waals surface area contributed by atoms with Crippen LogP contribution in [0.25, 0.3) is 0 Å². The van der Waals surface area contributed by atoms with E-state index in [9.17, 15) is 14.7 Å². The standard InChI is InChI=1S/C19H24N2O4/c22-18(21-10-2-1-3-16(21)19(23)24)15-9-8-14(13-6-7-13)17(20-15)25-11-12-4-5-12/h8-9,12-13,16H,1-7,10-11H2,(H,23,24). The molecule has 0 spiro atoms. The number of pyridine rings is 1. The Bertz CT molecular complexity index is 682. The lowest BCUT2D eigenvalue weighted by Gasteiger charge is -2.32. The Labute approximate surface area is 147 Å². The molecule has 0 aromatic carbocycles. The highest BCUT2D eigenvalue weighted by molar-refractivity contribution is 5.95. The topological polar surface area (TPSA) is 79.7 Å². The fraction of sp³-hybridized carbons (Fsp3) is 0.632. The maximum absolute atomic E-state index is 12.9. The molecule has 6 heteroatoms. The number of carbonyl (C=O) groups excluding carboxylic acids is 1. The second-order valence-electron chi connectivity index (χ2n) is 7.47. The molecule has 0 bridgehead atoms. The first kappa shape index (κ1) is 16.4. The van der Waals surface area contributed by atoms with Crippen LogP contribution in [0.1, 0.15) is 66.9 Å². The molecule has 1 atom stereocenters. The van der Waals surface area contributed by atoms with Gasteiger partial charge in [0.25, 0.3) is 5.91 Å². The van der Waals surface area contributed by atoms with Gasteiger partial charge in [0.15, 0.2) is 0 Å². The number of piperidine rings is 1. The lowest BCUT2D eigenvalue weighted by Crippen LogP contribution is -2.48. The zero-order chi connectivity index (χ0) is 17.4. The molecule has 2 heterocycles. The van der Waals surface area contributed by atoms with Crippen LogP contribution in [0.2, 0.25) is 0 Å². The summed E-state index contributed by atoms with van der Waals surface area (Å²) in [6.07, 6.45) is 6.86. The van der Waals surface area contributed by atoms with E-state index in [4.69, 9.17) is 4.74 Å². The molecule has 1 unspecified atom stereocenters.